The van der Waals surface area contributed by atoms with E-state index in [2.05, 4.69) is 28.3 Å². The average molecular weight is 328 g/mol. The second kappa shape index (κ2) is 5.87. The number of carbonyl (C=O) groups is 1. The Bertz CT molecular complexity index is 1090. The first-order valence-corrected chi connectivity index (χ1v) is 7.93. The number of carbonyl (C=O) groups excluding carboxylic acids is 1. The molecular weight excluding hydrogens is 312 g/mol. The van der Waals surface area contributed by atoms with Gasteiger partial charge in [-0.25, -0.2) is 4.68 Å². The Labute approximate surface area is 144 Å². The molecule has 2 aromatic heterocycles. The van der Waals surface area contributed by atoms with E-state index < -0.39 is 5.91 Å². The summed E-state index contributed by atoms with van der Waals surface area (Å²) in [5.74, 6) is -0.528. The summed E-state index contributed by atoms with van der Waals surface area (Å²) in [6.07, 6.45) is 3.66. The van der Waals surface area contributed by atoms with Gasteiger partial charge in [-0.2, -0.15) is 5.10 Å². The predicted octanol–water partition coefficient (Wildman–Crippen LogP) is 3.49. The molecule has 4 aromatic rings. The number of rotatable bonds is 3. The fraction of sp³-hybridized carbons (Fsp3) is 0.0500. The predicted molar refractivity (Wildman–Crippen MR) is 97.6 cm³/mol. The number of hydrogen-bond acceptors (Lipinski definition) is 3. The number of amides is 1. The maximum absolute atomic E-state index is 11.4. The summed E-state index contributed by atoms with van der Waals surface area (Å²) in [6.45, 7) is 1.90. The highest BCUT2D eigenvalue weighted by molar-refractivity contribution is 5.96. The third kappa shape index (κ3) is 2.65. The minimum Gasteiger partial charge on any atom is -0.364 e. The number of aryl methyl sites for hydroxylation is 1. The van der Waals surface area contributed by atoms with Crippen LogP contribution in [0.1, 0.15) is 16.2 Å². The number of primary amides is 1. The van der Waals surface area contributed by atoms with Gasteiger partial charge in [-0.15, -0.1) is 0 Å². The van der Waals surface area contributed by atoms with Crippen molar-refractivity contribution in [1.29, 1.82) is 0 Å². The average Bonchev–Trinajstić information content (AvgIpc) is 3.03. The Morgan fingerprint density at radius 1 is 1.08 bits per heavy atom. The summed E-state index contributed by atoms with van der Waals surface area (Å²) in [7, 11) is 0. The van der Waals surface area contributed by atoms with Crippen LogP contribution in [0, 0.1) is 6.92 Å². The van der Waals surface area contributed by atoms with Crippen molar-refractivity contribution in [2.75, 3.05) is 0 Å². The van der Waals surface area contributed by atoms with Crippen LogP contribution in [0.25, 0.3) is 27.6 Å². The van der Waals surface area contributed by atoms with Crippen molar-refractivity contribution >= 4 is 16.7 Å². The van der Waals surface area contributed by atoms with Gasteiger partial charge in [-0.1, -0.05) is 30.3 Å². The van der Waals surface area contributed by atoms with Crippen LogP contribution in [0.5, 0.6) is 0 Å². The fourth-order valence-corrected chi connectivity index (χ4v) is 3.04. The molecule has 5 nitrogen and oxygen atoms in total. The number of nitrogens with two attached hydrogens (primary N) is 1. The lowest BCUT2D eigenvalue weighted by atomic mass is 9.99. The lowest BCUT2D eigenvalue weighted by Crippen LogP contribution is -2.12. The maximum Gasteiger partial charge on any atom is 0.269 e. The second-order valence-corrected chi connectivity index (χ2v) is 5.90. The van der Waals surface area contributed by atoms with Crippen molar-refractivity contribution in [2.45, 2.75) is 6.92 Å². The van der Waals surface area contributed by atoms with Gasteiger partial charge in [0, 0.05) is 23.5 Å². The monoisotopic (exact) mass is 328 g/mol. The van der Waals surface area contributed by atoms with E-state index >= 15 is 0 Å². The van der Waals surface area contributed by atoms with Gasteiger partial charge in [0.15, 0.2) is 5.69 Å². The summed E-state index contributed by atoms with van der Waals surface area (Å²) in [6, 6.07) is 17.9. The van der Waals surface area contributed by atoms with Crippen molar-refractivity contribution in [2.24, 2.45) is 5.73 Å². The Balaban J connectivity index is 1.86. The van der Waals surface area contributed by atoms with Crippen molar-refractivity contribution < 1.29 is 4.79 Å². The fourth-order valence-electron chi connectivity index (χ4n) is 3.04. The van der Waals surface area contributed by atoms with Gasteiger partial charge in [0.05, 0.1) is 5.69 Å². The highest BCUT2D eigenvalue weighted by Crippen LogP contribution is 2.29. The molecule has 0 aliphatic carbocycles. The number of hydrogen-bond donors (Lipinski definition) is 1. The van der Waals surface area contributed by atoms with Crippen LogP contribution in [0.3, 0.4) is 0 Å². The molecule has 2 aromatic carbocycles. The summed E-state index contributed by atoms with van der Waals surface area (Å²) in [5, 5.41) is 6.55. The number of benzene rings is 2. The lowest BCUT2D eigenvalue weighted by molar-refractivity contribution is 0.0995. The smallest absolute Gasteiger partial charge is 0.269 e. The third-order valence-electron chi connectivity index (χ3n) is 4.22. The quantitative estimate of drug-likeness (QED) is 0.625. The molecule has 0 radical (unpaired) electrons. The maximum atomic E-state index is 11.4. The van der Waals surface area contributed by atoms with Crippen LogP contribution in [0.15, 0.2) is 67.0 Å². The molecule has 2 heterocycles. The van der Waals surface area contributed by atoms with Crippen LogP contribution in [-0.4, -0.2) is 20.7 Å². The van der Waals surface area contributed by atoms with Crippen LogP contribution in [0.4, 0.5) is 0 Å². The van der Waals surface area contributed by atoms with E-state index in [-0.39, 0.29) is 5.69 Å². The van der Waals surface area contributed by atoms with Crippen LogP contribution in [-0.2, 0) is 0 Å². The molecule has 0 saturated heterocycles. The topological polar surface area (TPSA) is 73.8 Å². The molecule has 4 rings (SSSR count). The molecule has 0 saturated carbocycles. The van der Waals surface area contributed by atoms with Gasteiger partial charge in [0.1, 0.15) is 0 Å². The standard InChI is InChI=1S/C20H16N4O/c1-13-10-19(20(21)25)23-24(13)16-6-2-4-14(11-16)17-7-3-5-15-12-22-9-8-18(15)17/h2-12H,1H3,(H2,21,25). The van der Waals surface area contributed by atoms with E-state index in [4.69, 9.17) is 5.73 Å². The van der Waals surface area contributed by atoms with Gasteiger partial charge in [0.25, 0.3) is 5.91 Å². The second-order valence-electron chi connectivity index (χ2n) is 5.90. The zero-order chi connectivity index (χ0) is 17.4. The number of aromatic nitrogens is 3. The normalized spacial score (nSPS) is 10.9. The first kappa shape index (κ1) is 15.1. The zero-order valence-corrected chi connectivity index (χ0v) is 13.7. The molecule has 0 spiro atoms. The van der Waals surface area contributed by atoms with E-state index in [1.807, 2.05) is 43.5 Å². The molecule has 0 aliphatic heterocycles. The molecule has 0 atom stereocenters. The SMILES string of the molecule is Cc1cc(C(N)=O)nn1-c1cccc(-c2cccc3cnccc23)c1. The number of pyridine rings is 1. The molecular formula is C20H16N4O. The highest BCUT2D eigenvalue weighted by atomic mass is 16.1. The minimum absolute atomic E-state index is 0.263. The lowest BCUT2D eigenvalue weighted by Gasteiger charge is -2.10. The van der Waals surface area contributed by atoms with E-state index in [1.165, 1.54) is 0 Å². The summed E-state index contributed by atoms with van der Waals surface area (Å²) >= 11 is 0. The van der Waals surface area contributed by atoms with E-state index in [0.717, 1.165) is 33.3 Å². The third-order valence-corrected chi connectivity index (χ3v) is 4.22. The summed E-state index contributed by atoms with van der Waals surface area (Å²) < 4.78 is 1.73. The first-order valence-electron chi connectivity index (χ1n) is 7.93. The molecule has 2 N–H and O–H groups in total. The number of fused-ring (bicyclic) bond motifs is 1. The Kier molecular flexibility index (Phi) is 3.54. The van der Waals surface area contributed by atoms with Crippen molar-refractivity contribution in [3.05, 3.63) is 78.4 Å². The highest BCUT2D eigenvalue weighted by Gasteiger charge is 2.11. The number of nitrogens with zero attached hydrogens (tertiary/aromatic N) is 3. The van der Waals surface area contributed by atoms with Gasteiger partial charge < -0.3 is 5.73 Å². The molecule has 25 heavy (non-hydrogen) atoms. The Morgan fingerprint density at radius 3 is 2.72 bits per heavy atom. The van der Waals surface area contributed by atoms with E-state index in [1.54, 1.807) is 16.9 Å². The Morgan fingerprint density at radius 2 is 1.92 bits per heavy atom. The molecule has 0 unspecified atom stereocenters. The minimum atomic E-state index is -0.528. The van der Waals surface area contributed by atoms with Crippen LogP contribution in [0.2, 0.25) is 0 Å². The molecule has 0 bridgehead atoms. The van der Waals surface area contributed by atoms with Crippen molar-refractivity contribution in [3.63, 3.8) is 0 Å². The molecule has 5 heteroatoms. The van der Waals surface area contributed by atoms with Crippen molar-refractivity contribution in [3.8, 4) is 16.8 Å². The van der Waals surface area contributed by atoms with Crippen LogP contribution >= 0.6 is 0 Å². The molecule has 122 valence electrons. The Hall–Kier alpha value is -3.47. The largest absolute Gasteiger partial charge is 0.364 e. The van der Waals surface area contributed by atoms with E-state index in [9.17, 15) is 4.79 Å². The van der Waals surface area contributed by atoms with Gasteiger partial charge >= 0.3 is 0 Å². The van der Waals surface area contributed by atoms with Gasteiger partial charge in [0.2, 0.25) is 0 Å². The van der Waals surface area contributed by atoms with Crippen LogP contribution < -0.4 is 5.73 Å². The van der Waals surface area contributed by atoms with Gasteiger partial charge in [-0.3, -0.25) is 9.78 Å². The molecule has 0 fully saturated rings. The first-order chi connectivity index (χ1) is 12.1. The summed E-state index contributed by atoms with van der Waals surface area (Å²) in [4.78, 5) is 15.6. The molecule has 1 amide bonds. The summed E-state index contributed by atoms with van der Waals surface area (Å²) in [5.41, 5.74) is 9.54. The van der Waals surface area contributed by atoms with E-state index in [0.29, 0.717) is 0 Å². The van der Waals surface area contributed by atoms with Crippen molar-refractivity contribution in [1.82, 2.24) is 14.8 Å². The molecule has 0 aliphatic rings. The van der Waals surface area contributed by atoms with Gasteiger partial charge in [-0.05, 0) is 47.7 Å². The zero-order valence-electron chi connectivity index (χ0n) is 13.7.